The number of halogens is 2. The highest BCUT2D eigenvalue weighted by molar-refractivity contribution is 6.31. The monoisotopic (exact) mass is 298 g/mol. The lowest BCUT2D eigenvalue weighted by atomic mass is 10.1. The molecule has 1 saturated heterocycles. The SMILES string of the molecule is CCCC1C(=O)NCC(=O)N1Cc1cccc(F)c1Cl. The molecule has 20 heavy (non-hydrogen) atoms. The second-order valence-electron chi connectivity index (χ2n) is 4.76. The second-order valence-corrected chi connectivity index (χ2v) is 5.13. The van der Waals surface area contributed by atoms with Crippen molar-refractivity contribution in [2.24, 2.45) is 0 Å². The molecule has 1 heterocycles. The molecule has 0 bridgehead atoms. The summed E-state index contributed by atoms with van der Waals surface area (Å²) in [5, 5.41) is 2.57. The van der Waals surface area contributed by atoms with E-state index in [9.17, 15) is 14.0 Å². The van der Waals surface area contributed by atoms with Gasteiger partial charge in [0.25, 0.3) is 0 Å². The first-order valence-corrected chi connectivity index (χ1v) is 6.92. The molecule has 6 heteroatoms. The van der Waals surface area contributed by atoms with Gasteiger partial charge in [-0.15, -0.1) is 0 Å². The fourth-order valence-electron chi connectivity index (χ4n) is 2.31. The van der Waals surface area contributed by atoms with Gasteiger partial charge in [0.2, 0.25) is 11.8 Å². The van der Waals surface area contributed by atoms with Crippen molar-refractivity contribution in [1.29, 1.82) is 0 Å². The van der Waals surface area contributed by atoms with Gasteiger partial charge >= 0.3 is 0 Å². The summed E-state index contributed by atoms with van der Waals surface area (Å²) in [5.74, 6) is -0.868. The van der Waals surface area contributed by atoms with Crippen LogP contribution in [0.3, 0.4) is 0 Å². The number of amides is 2. The Morgan fingerprint density at radius 2 is 2.20 bits per heavy atom. The summed E-state index contributed by atoms with van der Waals surface area (Å²) < 4.78 is 13.4. The molecule has 1 N–H and O–H groups in total. The smallest absolute Gasteiger partial charge is 0.243 e. The summed E-state index contributed by atoms with van der Waals surface area (Å²) in [6, 6.07) is 3.95. The van der Waals surface area contributed by atoms with Crippen molar-refractivity contribution < 1.29 is 14.0 Å². The summed E-state index contributed by atoms with van der Waals surface area (Å²) in [7, 11) is 0. The van der Waals surface area contributed by atoms with E-state index in [1.807, 2.05) is 6.92 Å². The molecule has 1 aliphatic rings. The summed E-state index contributed by atoms with van der Waals surface area (Å²) in [4.78, 5) is 25.3. The van der Waals surface area contributed by atoms with Gasteiger partial charge in [-0.1, -0.05) is 37.1 Å². The van der Waals surface area contributed by atoms with Crippen molar-refractivity contribution in [2.45, 2.75) is 32.4 Å². The van der Waals surface area contributed by atoms with E-state index in [4.69, 9.17) is 11.6 Å². The predicted molar refractivity (Wildman–Crippen MR) is 73.7 cm³/mol. The maximum absolute atomic E-state index is 13.4. The zero-order valence-corrected chi connectivity index (χ0v) is 11.9. The van der Waals surface area contributed by atoms with Gasteiger partial charge in [-0.3, -0.25) is 9.59 Å². The predicted octanol–water partition coefficient (Wildman–Crippen LogP) is 2.11. The Kier molecular flexibility index (Phi) is 4.60. The van der Waals surface area contributed by atoms with Gasteiger partial charge in [-0.05, 0) is 18.1 Å². The number of nitrogens with one attached hydrogen (secondary N) is 1. The quantitative estimate of drug-likeness (QED) is 0.925. The van der Waals surface area contributed by atoms with Crippen molar-refractivity contribution >= 4 is 23.4 Å². The van der Waals surface area contributed by atoms with Crippen molar-refractivity contribution in [2.75, 3.05) is 6.54 Å². The molecule has 1 atom stereocenters. The Morgan fingerprint density at radius 1 is 1.45 bits per heavy atom. The lowest BCUT2D eigenvalue weighted by molar-refractivity contribution is -0.146. The number of rotatable bonds is 4. The van der Waals surface area contributed by atoms with Gasteiger partial charge in [-0.2, -0.15) is 0 Å². The molecule has 0 saturated carbocycles. The summed E-state index contributed by atoms with van der Waals surface area (Å²) in [6.07, 6.45) is 1.35. The first kappa shape index (κ1) is 14.8. The number of carbonyl (C=O) groups excluding carboxylic acids is 2. The fraction of sp³-hybridized carbons (Fsp3) is 0.429. The van der Waals surface area contributed by atoms with E-state index in [2.05, 4.69) is 5.32 Å². The Morgan fingerprint density at radius 3 is 2.90 bits per heavy atom. The van der Waals surface area contributed by atoms with Crippen LogP contribution in [0.15, 0.2) is 18.2 Å². The van der Waals surface area contributed by atoms with Crippen LogP contribution in [0.25, 0.3) is 0 Å². The summed E-state index contributed by atoms with van der Waals surface area (Å²) >= 11 is 5.91. The molecule has 0 spiro atoms. The molecule has 1 aliphatic heterocycles. The molecule has 1 aromatic rings. The van der Waals surface area contributed by atoms with Crippen LogP contribution in [-0.4, -0.2) is 29.3 Å². The first-order chi connectivity index (χ1) is 9.54. The van der Waals surface area contributed by atoms with Crippen LogP contribution >= 0.6 is 11.6 Å². The van der Waals surface area contributed by atoms with Gasteiger partial charge in [0.15, 0.2) is 0 Å². The second kappa shape index (κ2) is 6.22. The standard InChI is InChI=1S/C14H16ClFN2O2/c1-2-4-11-14(20)17-7-12(19)18(11)8-9-5-3-6-10(16)13(9)15/h3,5-6,11H,2,4,7-8H2,1H3,(H,17,20). The molecule has 4 nitrogen and oxygen atoms in total. The van der Waals surface area contributed by atoms with Gasteiger partial charge in [0.05, 0.1) is 11.6 Å². The molecule has 108 valence electrons. The van der Waals surface area contributed by atoms with Crippen LogP contribution < -0.4 is 5.32 Å². The minimum Gasteiger partial charge on any atom is -0.345 e. The van der Waals surface area contributed by atoms with E-state index >= 15 is 0 Å². The number of hydrogen-bond acceptors (Lipinski definition) is 2. The van der Waals surface area contributed by atoms with E-state index in [0.717, 1.165) is 6.42 Å². The Hall–Kier alpha value is -1.62. The molecular formula is C14H16ClFN2O2. The molecule has 0 radical (unpaired) electrons. The summed E-state index contributed by atoms with van der Waals surface area (Å²) in [6.45, 7) is 2.07. The Bertz CT molecular complexity index is 536. The Labute approximate surface area is 121 Å². The summed E-state index contributed by atoms with van der Waals surface area (Å²) in [5.41, 5.74) is 0.510. The van der Waals surface area contributed by atoms with Crippen LogP contribution in [0.1, 0.15) is 25.3 Å². The lowest BCUT2D eigenvalue weighted by Gasteiger charge is -2.35. The van der Waals surface area contributed by atoms with Crippen LogP contribution in [0, 0.1) is 5.82 Å². The van der Waals surface area contributed by atoms with Crippen molar-refractivity contribution in [3.63, 3.8) is 0 Å². The van der Waals surface area contributed by atoms with E-state index in [1.165, 1.54) is 11.0 Å². The molecule has 1 unspecified atom stereocenters. The van der Waals surface area contributed by atoms with Gasteiger partial charge in [-0.25, -0.2) is 4.39 Å². The molecule has 2 rings (SSSR count). The van der Waals surface area contributed by atoms with Crippen LogP contribution in [-0.2, 0) is 16.1 Å². The number of hydrogen-bond donors (Lipinski definition) is 1. The molecule has 0 aromatic heterocycles. The highest BCUT2D eigenvalue weighted by Gasteiger charge is 2.33. The zero-order valence-electron chi connectivity index (χ0n) is 11.2. The van der Waals surface area contributed by atoms with Crippen molar-refractivity contribution in [3.8, 4) is 0 Å². The van der Waals surface area contributed by atoms with E-state index < -0.39 is 11.9 Å². The van der Waals surface area contributed by atoms with E-state index in [0.29, 0.717) is 12.0 Å². The molecule has 0 aliphatic carbocycles. The largest absolute Gasteiger partial charge is 0.345 e. The number of nitrogens with zero attached hydrogens (tertiary/aromatic N) is 1. The molecule has 1 fully saturated rings. The normalized spacial score (nSPS) is 19.1. The van der Waals surface area contributed by atoms with Gasteiger partial charge in [0, 0.05) is 6.54 Å². The minimum absolute atomic E-state index is 0.00142. The maximum atomic E-state index is 13.4. The highest BCUT2D eigenvalue weighted by atomic mass is 35.5. The van der Waals surface area contributed by atoms with Crippen LogP contribution in [0.5, 0.6) is 0 Å². The van der Waals surface area contributed by atoms with E-state index in [-0.39, 0.29) is 29.9 Å². The zero-order chi connectivity index (χ0) is 14.7. The topological polar surface area (TPSA) is 49.4 Å². The Balaban J connectivity index is 2.25. The number of carbonyl (C=O) groups is 2. The van der Waals surface area contributed by atoms with E-state index in [1.54, 1.807) is 12.1 Å². The lowest BCUT2D eigenvalue weighted by Crippen LogP contribution is -2.57. The third-order valence-corrected chi connectivity index (χ3v) is 3.77. The average molecular weight is 299 g/mol. The number of benzene rings is 1. The number of piperazine rings is 1. The van der Waals surface area contributed by atoms with Gasteiger partial charge in [0.1, 0.15) is 11.9 Å². The van der Waals surface area contributed by atoms with Crippen molar-refractivity contribution in [1.82, 2.24) is 10.2 Å². The third kappa shape index (κ3) is 2.93. The van der Waals surface area contributed by atoms with Crippen molar-refractivity contribution in [3.05, 3.63) is 34.6 Å². The first-order valence-electron chi connectivity index (χ1n) is 6.54. The third-order valence-electron chi connectivity index (χ3n) is 3.35. The molecular weight excluding hydrogens is 283 g/mol. The fourth-order valence-corrected chi connectivity index (χ4v) is 2.50. The van der Waals surface area contributed by atoms with Crippen LogP contribution in [0.2, 0.25) is 5.02 Å². The molecule has 2 amide bonds. The average Bonchev–Trinajstić information content (AvgIpc) is 2.43. The minimum atomic E-state index is -0.523. The van der Waals surface area contributed by atoms with Crippen LogP contribution in [0.4, 0.5) is 4.39 Å². The maximum Gasteiger partial charge on any atom is 0.243 e. The molecule has 1 aromatic carbocycles. The highest BCUT2D eigenvalue weighted by Crippen LogP contribution is 2.23. The van der Waals surface area contributed by atoms with Gasteiger partial charge < -0.3 is 10.2 Å².